The number of benzene rings is 3. The molecule has 7 heteroatoms. The molecule has 0 amide bonds. The molecule has 0 bridgehead atoms. The van der Waals surface area contributed by atoms with E-state index in [0.717, 1.165) is 14.7 Å². The third-order valence-corrected chi connectivity index (χ3v) is 5.73. The molecule has 5 nitrogen and oxygen atoms in total. The van der Waals surface area contributed by atoms with E-state index in [-0.39, 0.29) is 5.82 Å². The van der Waals surface area contributed by atoms with Crippen molar-refractivity contribution in [2.45, 2.75) is 20.5 Å². The quantitative estimate of drug-likeness (QED) is 0.205. The second-order valence-corrected chi connectivity index (χ2v) is 8.62. The van der Waals surface area contributed by atoms with Gasteiger partial charge in [0.1, 0.15) is 24.3 Å². The minimum Gasteiger partial charge on any atom is -0.490 e. The second-order valence-electron chi connectivity index (χ2n) is 7.46. The molecule has 166 valence electrons. The highest BCUT2D eigenvalue weighted by Gasteiger charge is 2.14. The van der Waals surface area contributed by atoms with Crippen LogP contribution in [0.15, 0.2) is 54.6 Å². The number of rotatable bonds is 7. The summed E-state index contributed by atoms with van der Waals surface area (Å²) in [5, 5.41) is 9.74. The van der Waals surface area contributed by atoms with Gasteiger partial charge in [0.15, 0.2) is 11.5 Å². The lowest BCUT2D eigenvalue weighted by Gasteiger charge is -2.15. The average molecular weight is 553 g/mol. The smallest absolute Gasteiger partial charge is 0.175 e. The maximum Gasteiger partial charge on any atom is 0.175 e. The van der Waals surface area contributed by atoms with Gasteiger partial charge in [0, 0.05) is 0 Å². The molecule has 0 spiro atoms. The zero-order valence-electron chi connectivity index (χ0n) is 18.2. The molecule has 4 aromatic rings. The largest absolute Gasteiger partial charge is 0.490 e. The third-order valence-electron chi connectivity index (χ3n) is 4.93. The van der Waals surface area contributed by atoms with E-state index in [2.05, 4.69) is 44.7 Å². The number of aryl methyl sites for hydroxylation is 1. The summed E-state index contributed by atoms with van der Waals surface area (Å²) in [6.07, 6.45) is 1.73. The van der Waals surface area contributed by atoms with E-state index in [1.165, 1.54) is 17.7 Å². The lowest BCUT2D eigenvalue weighted by Crippen LogP contribution is -2.02. The number of fused-ring (bicyclic) bond motifs is 1. The number of aromatic nitrogens is 2. The van der Waals surface area contributed by atoms with Crippen molar-refractivity contribution in [2.75, 3.05) is 6.61 Å². The van der Waals surface area contributed by atoms with Gasteiger partial charge in [-0.1, -0.05) is 29.8 Å². The molecule has 0 saturated carbocycles. The van der Waals surface area contributed by atoms with Crippen molar-refractivity contribution in [2.24, 2.45) is 0 Å². The Morgan fingerprint density at radius 3 is 2.79 bits per heavy atom. The van der Waals surface area contributed by atoms with Crippen molar-refractivity contribution in [3.63, 3.8) is 0 Å². The van der Waals surface area contributed by atoms with Crippen LogP contribution in [0.3, 0.4) is 0 Å². The van der Waals surface area contributed by atoms with Gasteiger partial charge < -0.3 is 14.5 Å². The Morgan fingerprint density at radius 2 is 2.03 bits per heavy atom. The van der Waals surface area contributed by atoms with Crippen LogP contribution in [0.4, 0.5) is 4.39 Å². The summed E-state index contributed by atoms with van der Waals surface area (Å²) >= 11 is 2.21. The highest BCUT2D eigenvalue weighted by Crippen LogP contribution is 2.36. The molecular formula is C26H21FIN3O2. The number of halogens is 2. The van der Waals surface area contributed by atoms with Crippen LogP contribution in [-0.4, -0.2) is 16.6 Å². The molecule has 0 saturated heterocycles. The van der Waals surface area contributed by atoms with E-state index >= 15 is 0 Å². The number of nitrogens with zero attached hydrogens (tertiary/aromatic N) is 2. The van der Waals surface area contributed by atoms with Gasteiger partial charge in [0.2, 0.25) is 0 Å². The van der Waals surface area contributed by atoms with Gasteiger partial charge in [-0.3, -0.25) is 0 Å². The van der Waals surface area contributed by atoms with E-state index in [0.29, 0.717) is 47.1 Å². The molecule has 1 aromatic heterocycles. The SMILES string of the molecule is CCOc1cc(/C=C(/C#N)c2nc3ccc(F)cc3[nH]2)cc(I)c1OCc1cccc(C)c1. The molecule has 0 fully saturated rings. The zero-order chi connectivity index (χ0) is 23.4. The summed E-state index contributed by atoms with van der Waals surface area (Å²) in [5.74, 6) is 1.28. The molecule has 0 atom stereocenters. The minimum atomic E-state index is -0.364. The normalized spacial score (nSPS) is 11.4. The van der Waals surface area contributed by atoms with E-state index in [1.807, 2.05) is 44.2 Å². The Labute approximate surface area is 205 Å². The summed E-state index contributed by atoms with van der Waals surface area (Å²) in [5.41, 5.74) is 4.49. The fourth-order valence-electron chi connectivity index (χ4n) is 3.46. The van der Waals surface area contributed by atoms with E-state index in [9.17, 15) is 9.65 Å². The molecule has 33 heavy (non-hydrogen) atoms. The first kappa shape index (κ1) is 22.8. The van der Waals surface area contributed by atoms with Crippen molar-refractivity contribution in [3.8, 4) is 17.6 Å². The molecule has 0 aliphatic carbocycles. The van der Waals surface area contributed by atoms with Gasteiger partial charge in [-0.15, -0.1) is 0 Å². The van der Waals surface area contributed by atoms with Crippen molar-refractivity contribution >= 4 is 45.3 Å². The first-order valence-electron chi connectivity index (χ1n) is 10.4. The van der Waals surface area contributed by atoms with Crippen molar-refractivity contribution in [3.05, 3.63) is 86.5 Å². The van der Waals surface area contributed by atoms with Crippen LogP contribution in [0.25, 0.3) is 22.7 Å². The van der Waals surface area contributed by atoms with Crippen LogP contribution in [0.5, 0.6) is 11.5 Å². The number of imidazole rings is 1. The Bertz CT molecular complexity index is 1390. The van der Waals surface area contributed by atoms with Gasteiger partial charge >= 0.3 is 0 Å². The number of hydrogen-bond acceptors (Lipinski definition) is 4. The minimum absolute atomic E-state index is 0.332. The molecule has 1 N–H and O–H groups in total. The van der Waals surface area contributed by atoms with Gasteiger partial charge in [0.25, 0.3) is 0 Å². The maximum absolute atomic E-state index is 13.5. The summed E-state index contributed by atoms with van der Waals surface area (Å²) in [7, 11) is 0. The number of nitriles is 1. The lowest BCUT2D eigenvalue weighted by molar-refractivity contribution is 0.267. The number of hydrogen-bond donors (Lipinski definition) is 1. The van der Waals surface area contributed by atoms with Crippen molar-refractivity contribution in [1.29, 1.82) is 5.26 Å². The molecule has 3 aromatic carbocycles. The molecule has 1 heterocycles. The fraction of sp³-hybridized carbons (Fsp3) is 0.154. The van der Waals surface area contributed by atoms with Gasteiger partial charge in [-0.05, 0) is 84.0 Å². The van der Waals surface area contributed by atoms with Crippen LogP contribution in [0, 0.1) is 27.6 Å². The number of aromatic amines is 1. The summed E-state index contributed by atoms with van der Waals surface area (Å²) < 4.78 is 26.3. The summed E-state index contributed by atoms with van der Waals surface area (Å²) in [6, 6.07) is 18.4. The Kier molecular flexibility index (Phi) is 6.94. The number of H-pyrrole nitrogens is 1. The van der Waals surface area contributed by atoms with Crippen LogP contribution >= 0.6 is 22.6 Å². The number of nitrogens with one attached hydrogen (secondary N) is 1. The number of ether oxygens (including phenoxy) is 2. The predicted octanol–water partition coefficient (Wildman–Crippen LogP) is 6.66. The molecule has 0 unspecified atom stereocenters. The number of allylic oxidation sites excluding steroid dienone is 1. The Hall–Kier alpha value is -3.38. The lowest BCUT2D eigenvalue weighted by atomic mass is 10.1. The van der Waals surface area contributed by atoms with Crippen LogP contribution in [0.1, 0.15) is 29.4 Å². The maximum atomic E-state index is 13.5. The molecule has 0 aliphatic rings. The molecule has 0 radical (unpaired) electrons. The predicted molar refractivity (Wildman–Crippen MR) is 135 cm³/mol. The summed E-state index contributed by atoms with van der Waals surface area (Å²) in [6.45, 7) is 4.86. The molecule has 0 aliphatic heterocycles. The topological polar surface area (TPSA) is 70.9 Å². The van der Waals surface area contributed by atoms with Crippen LogP contribution in [0.2, 0.25) is 0 Å². The van der Waals surface area contributed by atoms with Gasteiger partial charge in [0.05, 0.1) is 26.8 Å². The van der Waals surface area contributed by atoms with E-state index in [4.69, 9.17) is 9.47 Å². The van der Waals surface area contributed by atoms with Gasteiger partial charge in [-0.25, -0.2) is 9.37 Å². The second kappa shape index (κ2) is 10.0. The van der Waals surface area contributed by atoms with Crippen molar-refractivity contribution < 1.29 is 13.9 Å². The highest BCUT2D eigenvalue weighted by atomic mass is 127. The van der Waals surface area contributed by atoms with E-state index in [1.54, 1.807) is 12.1 Å². The van der Waals surface area contributed by atoms with E-state index < -0.39 is 0 Å². The van der Waals surface area contributed by atoms with Gasteiger partial charge in [-0.2, -0.15) is 5.26 Å². The fourth-order valence-corrected chi connectivity index (χ4v) is 4.24. The standard InChI is InChI=1S/C26H21FIN3O2/c1-3-32-24-12-18(11-21(28)25(24)33-15-17-6-4-5-16(2)9-17)10-19(14-29)26-30-22-8-7-20(27)13-23(22)31-26/h4-13H,3,15H2,1-2H3,(H,30,31)/b19-10-. The highest BCUT2D eigenvalue weighted by molar-refractivity contribution is 14.1. The first-order chi connectivity index (χ1) is 16.0. The summed E-state index contributed by atoms with van der Waals surface area (Å²) in [4.78, 5) is 7.44. The first-order valence-corrected chi connectivity index (χ1v) is 11.5. The zero-order valence-corrected chi connectivity index (χ0v) is 20.3. The van der Waals surface area contributed by atoms with Crippen LogP contribution in [-0.2, 0) is 6.61 Å². The monoisotopic (exact) mass is 553 g/mol. The molecular weight excluding hydrogens is 532 g/mol. The average Bonchev–Trinajstić information content (AvgIpc) is 3.20. The van der Waals surface area contributed by atoms with Crippen molar-refractivity contribution in [1.82, 2.24) is 9.97 Å². The third kappa shape index (κ3) is 5.34. The molecule has 4 rings (SSSR count). The Morgan fingerprint density at radius 1 is 1.18 bits per heavy atom. The Balaban J connectivity index is 1.66. The van der Waals surface area contributed by atoms with Crippen LogP contribution < -0.4 is 9.47 Å².